The molecule has 0 bridgehead atoms. The molecule has 3 aromatic rings. The molecular formula is C21H21N3O2. The average molecular weight is 347 g/mol. The molecule has 5 nitrogen and oxygen atoms in total. The third kappa shape index (κ3) is 3.26. The molecule has 0 amide bonds. The molecule has 4 rings (SSSR count). The first-order valence-electron chi connectivity index (χ1n) is 8.90. The van der Waals surface area contributed by atoms with E-state index in [2.05, 4.69) is 52.1 Å². The number of rotatable bonds is 4. The van der Waals surface area contributed by atoms with Gasteiger partial charge in [-0.3, -0.25) is 15.0 Å². The van der Waals surface area contributed by atoms with Crippen LogP contribution in [0.1, 0.15) is 29.3 Å². The van der Waals surface area contributed by atoms with Gasteiger partial charge in [-0.15, -0.1) is 0 Å². The quantitative estimate of drug-likeness (QED) is 0.519. The first kappa shape index (κ1) is 16.5. The second kappa shape index (κ2) is 7.14. The molecule has 1 aliphatic rings. The molecule has 26 heavy (non-hydrogen) atoms. The van der Waals surface area contributed by atoms with E-state index in [0.717, 1.165) is 31.6 Å². The van der Waals surface area contributed by atoms with Gasteiger partial charge in [-0.2, -0.15) is 0 Å². The highest BCUT2D eigenvalue weighted by atomic mass is 16.6. The first-order valence-corrected chi connectivity index (χ1v) is 8.90. The fourth-order valence-corrected chi connectivity index (χ4v) is 3.82. The average Bonchev–Trinajstić information content (AvgIpc) is 3.04. The van der Waals surface area contributed by atoms with E-state index in [1.54, 1.807) is 18.2 Å². The summed E-state index contributed by atoms with van der Waals surface area (Å²) in [5.41, 5.74) is 3.56. The monoisotopic (exact) mass is 347 g/mol. The number of benzene rings is 2. The molecule has 0 fully saturated rings. The molecular weight excluding hydrogens is 326 g/mol. The van der Waals surface area contributed by atoms with Gasteiger partial charge in [0.2, 0.25) is 0 Å². The van der Waals surface area contributed by atoms with Crippen LogP contribution in [0.25, 0.3) is 0 Å². The summed E-state index contributed by atoms with van der Waals surface area (Å²) in [6.07, 6.45) is 3.16. The van der Waals surface area contributed by atoms with Crippen LogP contribution in [-0.2, 0) is 13.1 Å². The van der Waals surface area contributed by atoms with Crippen molar-refractivity contribution in [3.63, 3.8) is 0 Å². The molecule has 5 heteroatoms. The summed E-state index contributed by atoms with van der Waals surface area (Å²) in [6.45, 7) is 2.74. The van der Waals surface area contributed by atoms with Gasteiger partial charge < -0.3 is 4.57 Å². The number of hydrogen-bond donors (Lipinski definition) is 0. The van der Waals surface area contributed by atoms with Crippen LogP contribution < -0.4 is 0 Å². The minimum atomic E-state index is -0.319. The maximum Gasteiger partial charge on any atom is 0.269 e. The fraction of sp³-hybridized carbons (Fsp3) is 0.238. The summed E-state index contributed by atoms with van der Waals surface area (Å²) < 4.78 is 2.27. The maximum atomic E-state index is 11.3. The smallest absolute Gasteiger partial charge is 0.269 e. The molecule has 0 radical (unpaired) electrons. The lowest BCUT2D eigenvalue weighted by Gasteiger charge is -2.30. The van der Waals surface area contributed by atoms with Crippen molar-refractivity contribution in [2.45, 2.75) is 25.6 Å². The predicted molar refractivity (Wildman–Crippen MR) is 101 cm³/mol. The van der Waals surface area contributed by atoms with Crippen molar-refractivity contribution in [2.75, 3.05) is 6.54 Å². The Bertz CT molecular complexity index is 904. The Morgan fingerprint density at radius 1 is 1.00 bits per heavy atom. The maximum absolute atomic E-state index is 11.3. The van der Waals surface area contributed by atoms with Gasteiger partial charge in [0.25, 0.3) is 5.69 Å². The van der Waals surface area contributed by atoms with E-state index in [4.69, 9.17) is 0 Å². The lowest BCUT2D eigenvalue weighted by Crippen LogP contribution is -2.29. The Balaban J connectivity index is 1.77. The SMILES string of the molecule is O=[N+]([O-])c1cccc([C@H]2c3cccn3CCCN2Cc2ccccc2)c1. The third-order valence-corrected chi connectivity index (χ3v) is 4.98. The van der Waals surface area contributed by atoms with E-state index in [0.29, 0.717) is 0 Å². The van der Waals surface area contributed by atoms with Crippen LogP contribution >= 0.6 is 0 Å². The highest BCUT2D eigenvalue weighted by molar-refractivity contribution is 5.39. The van der Waals surface area contributed by atoms with Gasteiger partial charge in [-0.05, 0) is 29.7 Å². The summed E-state index contributed by atoms with van der Waals surface area (Å²) in [5, 5.41) is 11.3. The van der Waals surface area contributed by atoms with E-state index in [-0.39, 0.29) is 16.7 Å². The van der Waals surface area contributed by atoms with Crippen LogP contribution in [0.4, 0.5) is 5.69 Å². The summed E-state index contributed by atoms with van der Waals surface area (Å²) >= 11 is 0. The number of fused-ring (bicyclic) bond motifs is 1. The van der Waals surface area contributed by atoms with Crippen LogP contribution in [0, 0.1) is 10.1 Å². The van der Waals surface area contributed by atoms with E-state index in [9.17, 15) is 10.1 Å². The molecule has 2 heterocycles. The summed E-state index contributed by atoms with van der Waals surface area (Å²) in [4.78, 5) is 13.4. The van der Waals surface area contributed by atoms with Gasteiger partial charge in [-0.25, -0.2) is 0 Å². The van der Waals surface area contributed by atoms with Gasteiger partial charge in [0.15, 0.2) is 0 Å². The van der Waals surface area contributed by atoms with Crippen LogP contribution in [0.15, 0.2) is 72.9 Å². The Kier molecular flexibility index (Phi) is 4.54. The lowest BCUT2D eigenvalue weighted by atomic mass is 10.0. The number of non-ortho nitro benzene ring substituents is 1. The largest absolute Gasteiger partial charge is 0.350 e. The van der Waals surface area contributed by atoms with Gasteiger partial charge in [-0.1, -0.05) is 42.5 Å². The van der Waals surface area contributed by atoms with Crippen molar-refractivity contribution in [3.8, 4) is 0 Å². The molecule has 1 aromatic heterocycles. The Morgan fingerprint density at radius 2 is 1.85 bits per heavy atom. The molecule has 132 valence electrons. The van der Waals surface area contributed by atoms with E-state index < -0.39 is 0 Å². The van der Waals surface area contributed by atoms with Crippen LogP contribution in [0.5, 0.6) is 0 Å². The first-order chi connectivity index (χ1) is 12.7. The number of nitro benzene ring substituents is 1. The molecule has 1 atom stereocenters. The highest BCUT2D eigenvalue weighted by Gasteiger charge is 2.28. The standard InChI is InChI=1S/C21H21N3O2/c25-24(26)19-10-4-9-18(15-19)21-20-11-5-12-22(20)13-6-14-23(21)16-17-7-2-1-3-8-17/h1-5,7-12,15,21H,6,13-14,16H2/t21-/m0/s1. The third-order valence-electron chi connectivity index (χ3n) is 4.98. The Morgan fingerprint density at radius 3 is 2.65 bits per heavy atom. The molecule has 0 aliphatic carbocycles. The van der Waals surface area contributed by atoms with E-state index >= 15 is 0 Å². The molecule has 0 saturated carbocycles. The second-order valence-corrected chi connectivity index (χ2v) is 6.69. The molecule has 0 N–H and O–H groups in total. The topological polar surface area (TPSA) is 51.3 Å². The van der Waals surface area contributed by atoms with Crippen molar-refractivity contribution in [2.24, 2.45) is 0 Å². The number of nitrogens with zero attached hydrogens (tertiary/aromatic N) is 3. The van der Waals surface area contributed by atoms with Crippen molar-refractivity contribution in [1.29, 1.82) is 0 Å². The Hall–Kier alpha value is -2.92. The van der Waals surface area contributed by atoms with E-state index in [1.807, 2.05) is 12.1 Å². The van der Waals surface area contributed by atoms with Crippen LogP contribution in [0.3, 0.4) is 0 Å². The predicted octanol–water partition coefficient (Wildman–Crippen LogP) is 4.39. The summed E-state index contributed by atoms with van der Waals surface area (Å²) in [6, 6.07) is 21.6. The summed E-state index contributed by atoms with van der Waals surface area (Å²) in [5.74, 6) is 0. The van der Waals surface area contributed by atoms with Crippen molar-refractivity contribution >= 4 is 5.69 Å². The lowest BCUT2D eigenvalue weighted by molar-refractivity contribution is -0.384. The van der Waals surface area contributed by atoms with Gasteiger partial charge in [0.05, 0.1) is 11.0 Å². The van der Waals surface area contributed by atoms with Crippen molar-refractivity contribution in [3.05, 3.63) is 99.9 Å². The summed E-state index contributed by atoms with van der Waals surface area (Å²) in [7, 11) is 0. The molecule has 1 aliphatic heterocycles. The zero-order valence-electron chi connectivity index (χ0n) is 14.5. The molecule has 0 spiro atoms. The zero-order valence-corrected chi connectivity index (χ0v) is 14.5. The van der Waals surface area contributed by atoms with Gasteiger partial charge >= 0.3 is 0 Å². The van der Waals surface area contributed by atoms with Crippen LogP contribution in [0.2, 0.25) is 0 Å². The number of hydrogen-bond acceptors (Lipinski definition) is 3. The van der Waals surface area contributed by atoms with Crippen molar-refractivity contribution in [1.82, 2.24) is 9.47 Å². The molecule has 0 unspecified atom stereocenters. The van der Waals surface area contributed by atoms with Gasteiger partial charge in [0.1, 0.15) is 0 Å². The number of aromatic nitrogens is 1. The van der Waals surface area contributed by atoms with Crippen LogP contribution in [-0.4, -0.2) is 20.9 Å². The fourth-order valence-electron chi connectivity index (χ4n) is 3.82. The van der Waals surface area contributed by atoms with Crippen molar-refractivity contribution < 1.29 is 4.92 Å². The second-order valence-electron chi connectivity index (χ2n) is 6.69. The zero-order chi connectivity index (χ0) is 17.9. The molecule has 2 aromatic carbocycles. The minimum Gasteiger partial charge on any atom is -0.350 e. The van der Waals surface area contributed by atoms with E-state index in [1.165, 1.54) is 11.3 Å². The van der Waals surface area contributed by atoms with Gasteiger partial charge in [0, 0.05) is 43.7 Å². The molecule has 0 saturated heterocycles. The Labute approximate surface area is 152 Å². The normalized spacial score (nSPS) is 17.5. The number of nitro groups is 1. The minimum absolute atomic E-state index is 0.00704. The number of aryl methyl sites for hydroxylation is 1. The highest BCUT2D eigenvalue weighted by Crippen LogP contribution is 2.34.